The first-order valence-corrected chi connectivity index (χ1v) is 3.11. The number of aldehydes is 1. The Labute approximate surface area is 60.2 Å². The van der Waals surface area contributed by atoms with E-state index in [1.807, 2.05) is 12.5 Å². The van der Waals surface area contributed by atoms with E-state index in [9.17, 15) is 4.79 Å². The number of methoxy groups -OCH3 is 1. The second kappa shape index (κ2) is 3.20. The SMILES string of the molecule is COC1=CC[CH]C(C=O)=C1. The summed E-state index contributed by atoms with van der Waals surface area (Å²) in [6.07, 6.45) is 7.11. The van der Waals surface area contributed by atoms with Gasteiger partial charge in [0.05, 0.1) is 7.11 Å². The molecule has 2 nitrogen and oxygen atoms in total. The molecule has 10 heavy (non-hydrogen) atoms. The van der Waals surface area contributed by atoms with Gasteiger partial charge in [-0.05, 0) is 30.6 Å². The highest BCUT2D eigenvalue weighted by molar-refractivity contribution is 5.77. The fraction of sp³-hybridized carbons (Fsp3) is 0.250. The van der Waals surface area contributed by atoms with Crippen molar-refractivity contribution in [2.45, 2.75) is 6.42 Å². The normalized spacial score (nSPS) is 17.3. The van der Waals surface area contributed by atoms with Crippen molar-refractivity contribution in [1.29, 1.82) is 0 Å². The molecule has 53 valence electrons. The van der Waals surface area contributed by atoms with Gasteiger partial charge in [0.25, 0.3) is 0 Å². The predicted octanol–water partition coefficient (Wildman–Crippen LogP) is 1.25. The van der Waals surface area contributed by atoms with E-state index < -0.39 is 0 Å². The quantitative estimate of drug-likeness (QED) is 0.535. The van der Waals surface area contributed by atoms with Crippen molar-refractivity contribution >= 4 is 6.29 Å². The molecule has 1 aliphatic rings. The van der Waals surface area contributed by atoms with Crippen LogP contribution in [0.5, 0.6) is 0 Å². The topological polar surface area (TPSA) is 26.3 Å². The van der Waals surface area contributed by atoms with Crippen LogP contribution >= 0.6 is 0 Å². The van der Waals surface area contributed by atoms with Gasteiger partial charge in [0, 0.05) is 0 Å². The molecule has 0 spiro atoms. The van der Waals surface area contributed by atoms with Crippen LogP contribution in [-0.4, -0.2) is 13.4 Å². The zero-order chi connectivity index (χ0) is 7.40. The maximum atomic E-state index is 10.2. The summed E-state index contributed by atoms with van der Waals surface area (Å²) in [7, 11) is 1.59. The minimum Gasteiger partial charge on any atom is -0.497 e. The van der Waals surface area contributed by atoms with Crippen LogP contribution in [0.4, 0.5) is 0 Å². The molecule has 0 fully saturated rings. The number of rotatable bonds is 2. The molecule has 0 N–H and O–H groups in total. The van der Waals surface area contributed by atoms with Crippen molar-refractivity contribution in [2.75, 3.05) is 7.11 Å². The Hall–Kier alpha value is -1.05. The van der Waals surface area contributed by atoms with Crippen LogP contribution in [0, 0.1) is 6.42 Å². The second-order valence-electron chi connectivity index (χ2n) is 2.01. The molecule has 0 unspecified atom stereocenters. The Kier molecular flexibility index (Phi) is 2.26. The minimum absolute atomic E-state index is 0.694. The van der Waals surface area contributed by atoms with E-state index in [2.05, 4.69) is 0 Å². The third kappa shape index (κ3) is 1.47. The zero-order valence-corrected chi connectivity index (χ0v) is 5.83. The van der Waals surface area contributed by atoms with Crippen molar-refractivity contribution in [3.05, 3.63) is 29.9 Å². The Morgan fingerprint density at radius 1 is 1.70 bits per heavy atom. The van der Waals surface area contributed by atoms with Gasteiger partial charge in [-0.1, -0.05) is 0 Å². The molecule has 0 aliphatic heterocycles. The van der Waals surface area contributed by atoms with Gasteiger partial charge >= 0.3 is 0 Å². The standard InChI is InChI=1S/C8H9O2/c1-10-8-4-2-3-7(5-8)6-9/h3-6H,2H2,1H3. The van der Waals surface area contributed by atoms with E-state index in [-0.39, 0.29) is 0 Å². The average Bonchev–Trinajstić information content (AvgIpc) is 2.05. The maximum absolute atomic E-state index is 10.2. The zero-order valence-electron chi connectivity index (χ0n) is 5.83. The van der Waals surface area contributed by atoms with E-state index in [4.69, 9.17) is 4.74 Å². The van der Waals surface area contributed by atoms with Gasteiger partial charge in [0.2, 0.25) is 0 Å². The van der Waals surface area contributed by atoms with E-state index >= 15 is 0 Å². The van der Waals surface area contributed by atoms with Gasteiger partial charge < -0.3 is 4.74 Å². The summed E-state index contributed by atoms with van der Waals surface area (Å²) in [4.78, 5) is 10.2. The van der Waals surface area contributed by atoms with Crippen LogP contribution in [0.25, 0.3) is 0 Å². The Morgan fingerprint density at radius 3 is 3.10 bits per heavy atom. The van der Waals surface area contributed by atoms with E-state index in [1.54, 1.807) is 13.2 Å². The van der Waals surface area contributed by atoms with E-state index in [0.717, 1.165) is 18.5 Å². The number of carbonyl (C=O) groups excluding carboxylic acids is 1. The summed E-state index contributed by atoms with van der Waals surface area (Å²) in [5.41, 5.74) is 0.694. The lowest BCUT2D eigenvalue weighted by Crippen LogP contribution is -1.95. The molecular weight excluding hydrogens is 128 g/mol. The van der Waals surface area contributed by atoms with Crippen LogP contribution in [0.2, 0.25) is 0 Å². The number of carbonyl (C=O) groups is 1. The molecule has 1 rings (SSSR count). The fourth-order valence-electron chi connectivity index (χ4n) is 0.818. The summed E-state index contributed by atoms with van der Waals surface area (Å²) in [5, 5.41) is 0. The lowest BCUT2D eigenvalue weighted by Gasteiger charge is -2.06. The molecule has 0 aromatic carbocycles. The van der Waals surface area contributed by atoms with Crippen LogP contribution in [0.15, 0.2) is 23.5 Å². The molecule has 1 radical (unpaired) electrons. The van der Waals surface area contributed by atoms with Crippen molar-refractivity contribution in [2.24, 2.45) is 0 Å². The van der Waals surface area contributed by atoms with E-state index in [1.165, 1.54) is 0 Å². The maximum Gasteiger partial charge on any atom is 0.146 e. The lowest BCUT2D eigenvalue weighted by molar-refractivity contribution is -0.104. The van der Waals surface area contributed by atoms with Crippen LogP contribution < -0.4 is 0 Å². The molecule has 1 aliphatic carbocycles. The number of allylic oxidation sites excluding steroid dienone is 3. The third-order valence-corrected chi connectivity index (χ3v) is 1.35. The van der Waals surface area contributed by atoms with Crippen LogP contribution in [-0.2, 0) is 9.53 Å². The second-order valence-corrected chi connectivity index (χ2v) is 2.01. The Balaban J connectivity index is 2.70. The Bertz CT molecular complexity index is 189. The fourth-order valence-corrected chi connectivity index (χ4v) is 0.818. The first-order chi connectivity index (χ1) is 4.86. The molecular formula is C8H9O2. The largest absolute Gasteiger partial charge is 0.497 e. The van der Waals surface area contributed by atoms with Gasteiger partial charge in [-0.3, -0.25) is 4.79 Å². The highest BCUT2D eigenvalue weighted by Gasteiger charge is 2.03. The van der Waals surface area contributed by atoms with Gasteiger partial charge in [0.15, 0.2) is 0 Å². The molecule has 0 bridgehead atoms. The molecule has 0 amide bonds. The smallest absolute Gasteiger partial charge is 0.146 e. The van der Waals surface area contributed by atoms with E-state index in [0.29, 0.717) is 5.57 Å². The molecule has 0 aromatic rings. The third-order valence-electron chi connectivity index (χ3n) is 1.35. The summed E-state index contributed by atoms with van der Waals surface area (Å²) in [5.74, 6) is 0.768. The molecule has 0 saturated heterocycles. The summed E-state index contributed by atoms with van der Waals surface area (Å²) >= 11 is 0. The Morgan fingerprint density at radius 2 is 2.50 bits per heavy atom. The highest BCUT2D eigenvalue weighted by atomic mass is 16.5. The van der Waals surface area contributed by atoms with Gasteiger partial charge in [-0.2, -0.15) is 0 Å². The lowest BCUT2D eigenvalue weighted by atomic mass is 10.1. The summed E-state index contributed by atoms with van der Waals surface area (Å²) in [6, 6.07) is 0. The van der Waals surface area contributed by atoms with Crippen molar-refractivity contribution < 1.29 is 9.53 Å². The predicted molar refractivity (Wildman–Crippen MR) is 38.2 cm³/mol. The number of ether oxygens (including phenoxy) is 1. The minimum atomic E-state index is 0.694. The number of hydrogen-bond donors (Lipinski definition) is 0. The van der Waals surface area contributed by atoms with Crippen molar-refractivity contribution in [3.8, 4) is 0 Å². The first kappa shape index (κ1) is 7.06. The van der Waals surface area contributed by atoms with Crippen LogP contribution in [0.3, 0.4) is 0 Å². The molecule has 0 aromatic heterocycles. The summed E-state index contributed by atoms with van der Waals surface area (Å²) < 4.78 is 4.93. The number of hydrogen-bond acceptors (Lipinski definition) is 2. The molecule has 0 saturated carbocycles. The average molecular weight is 137 g/mol. The molecule has 0 atom stereocenters. The molecule has 0 heterocycles. The monoisotopic (exact) mass is 137 g/mol. The highest BCUT2D eigenvalue weighted by Crippen LogP contribution is 2.14. The van der Waals surface area contributed by atoms with Crippen molar-refractivity contribution in [3.63, 3.8) is 0 Å². The first-order valence-electron chi connectivity index (χ1n) is 3.11. The summed E-state index contributed by atoms with van der Waals surface area (Å²) in [6.45, 7) is 0. The van der Waals surface area contributed by atoms with Gasteiger partial charge in [-0.15, -0.1) is 0 Å². The molecule has 2 heteroatoms. The van der Waals surface area contributed by atoms with Gasteiger partial charge in [-0.25, -0.2) is 0 Å². The van der Waals surface area contributed by atoms with Crippen LogP contribution in [0.1, 0.15) is 6.42 Å². The van der Waals surface area contributed by atoms with Gasteiger partial charge in [0.1, 0.15) is 12.0 Å². The van der Waals surface area contributed by atoms with Crippen molar-refractivity contribution in [1.82, 2.24) is 0 Å².